The predicted molar refractivity (Wildman–Crippen MR) is 54.2 cm³/mol. The largest absolute Gasteiger partial charge is 0.376 e. The van der Waals surface area contributed by atoms with Crippen molar-refractivity contribution >= 4 is 54.5 Å². The number of pyridine rings is 1. The van der Waals surface area contributed by atoms with E-state index in [1.54, 1.807) is 0 Å². The van der Waals surface area contributed by atoms with Gasteiger partial charge in [-0.25, -0.2) is 4.98 Å². The molecule has 0 aliphatic carbocycles. The summed E-state index contributed by atoms with van der Waals surface area (Å²) in [5.41, 5.74) is 2.12. The van der Waals surface area contributed by atoms with Gasteiger partial charge in [-0.1, -0.05) is 4.56 Å². The number of aromatic nitrogens is 2. The highest BCUT2D eigenvalue weighted by Crippen LogP contribution is 2.09. The zero-order valence-corrected chi connectivity index (χ0v) is 8.95. The van der Waals surface area contributed by atoms with E-state index in [4.69, 9.17) is 0 Å². The van der Waals surface area contributed by atoms with Crippen LogP contribution in [0.5, 0.6) is 0 Å². The lowest BCUT2D eigenvalue weighted by atomic mass is 10.4. The number of H-pyrrole nitrogens is 1. The van der Waals surface area contributed by atoms with Crippen molar-refractivity contribution in [3.8, 4) is 0 Å². The third kappa shape index (κ3) is 1.43. The van der Waals surface area contributed by atoms with Crippen LogP contribution in [-0.2, 0) is 0 Å². The van der Waals surface area contributed by atoms with Crippen LogP contribution in [0.2, 0.25) is 0 Å². The summed E-state index contributed by atoms with van der Waals surface area (Å²) in [5.74, 6) is 0. The summed E-state index contributed by atoms with van der Waals surface area (Å²) in [6, 6.07) is 6.04. The first kappa shape index (κ1) is 7.59. The van der Waals surface area contributed by atoms with Gasteiger partial charge in [0, 0.05) is 0 Å². The lowest BCUT2D eigenvalue weighted by Gasteiger charge is -1.88. The second-order valence-electron chi connectivity index (χ2n) is 2.29. The molecule has 0 fully saturated rings. The molecule has 0 saturated carbocycles. The number of nitrogens with zero attached hydrogens (tertiary/aromatic N) is 1. The van der Waals surface area contributed by atoms with Crippen molar-refractivity contribution in [3.63, 3.8) is 0 Å². The molecule has 0 amide bonds. The summed E-state index contributed by atoms with van der Waals surface area (Å²) in [4.78, 5) is 7.52. The highest BCUT2D eigenvalue weighted by atomic mass is 127. The van der Waals surface area contributed by atoms with Gasteiger partial charge in [0.2, 0.25) is 16.3 Å². The van der Waals surface area contributed by atoms with Crippen LogP contribution in [-0.4, -0.2) is 26.3 Å². The molecule has 2 rings (SSSR count). The minimum atomic E-state index is 1.03. The SMILES string of the molecule is [Al][c]1cc2nc(I)ccc2[nH]1. The van der Waals surface area contributed by atoms with E-state index in [2.05, 4.69) is 48.8 Å². The van der Waals surface area contributed by atoms with E-state index in [1.165, 1.54) is 0 Å². The van der Waals surface area contributed by atoms with Crippen molar-refractivity contribution in [2.24, 2.45) is 0 Å². The van der Waals surface area contributed by atoms with Crippen LogP contribution in [0, 0.1) is 3.70 Å². The van der Waals surface area contributed by atoms with E-state index in [1.807, 2.05) is 18.2 Å². The average Bonchev–Trinajstić information content (AvgIpc) is 2.27. The van der Waals surface area contributed by atoms with Crippen molar-refractivity contribution < 1.29 is 0 Å². The van der Waals surface area contributed by atoms with Gasteiger partial charge in [-0.2, -0.15) is 0 Å². The second kappa shape index (κ2) is 2.78. The summed E-state index contributed by atoms with van der Waals surface area (Å²) in [7, 11) is 0. The van der Waals surface area contributed by atoms with Gasteiger partial charge in [0.25, 0.3) is 0 Å². The molecular formula is C7H4AlIN2. The first-order valence-corrected chi connectivity index (χ1v) is 4.82. The Labute approximate surface area is 86.0 Å². The van der Waals surface area contributed by atoms with Crippen molar-refractivity contribution in [3.05, 3.63) is 21.9 Å². The fraction of sp³-hybridized carbons (Fsp3) is 0. The van der Waals surface area contributed by atoms with Crippen molar-refractivity contribution in [1.82, 2.24) is 9.97 Å². The number of aromatic amines is 1. The van der Waals surface area contributed by atoms with Crippen LogP contribution in [0.4, 0.5) is 0 Å². The van der Waals surface area contributed by atoms with Gasteiger partial charge in [0.15, 0.2) is 0 Å². The maximum atomic E-state index is 4.34. The molecule has 0 spiro atoms. The molecule has 2 radical (unpaired) electrons. The molecule has 0 atom stereocenters. The fourth-order valence-electron chi connectivity index (χ4n) is 1.00. The molecule has 0 aliphatic heterocycles. The molecule has 0 saturated heterocycles. The second-order valence-corrected chi connectivity index (χ2v) is 4.02. The Hall–Kier alpha value is -0.0475. The summed E-state index contributed by atoms with van der Waals surface area (Å²) in [6.07, 6.45) is 0. The Balaban J connectivity index is 2.82. The Morgan fingerprint density at radius 2 is 2.27 bits per heavy atom. The Kier molecular flexibility index (Phi) is 1.92. The third-order valence-electron chi connectivity index (χ3n) is 1.46. The van der Waals surface area contributed by atoms with Crippen LogP contribution >= 0.6 is 22.6 Å². The maximum absolute atomic E-state index is 4.34. The van der Waals surface area contributed by atoms with Crippen LogP contribution < -0.4 is 4.56 Å². The highest BCUT2D eigenvalue weighted by Gasteiger charge is 1.96. The summed E-state index contributed by atoms with van der Waals surface area (Å²) in [5, 5.41) is 0. The molecule has 2 heterocycles. The molecule has 0 unspecified atom stereocenters. The molecule has 2 aromatic rings. The molecule has 4 heteroatoms. The number of rotatable bonds is 0. The van der Waals surface area contributed by atoms with Gasteiger partial charge in [0.1, 0.15) is 3.70 Å². The molecule has 0 aliphatic rings. The predicted octanol–water partition coefficient (Wildman–Crippen LogP) is 0.961. The van der Waals surface area contributed by atoms with Crippen LogP contribution in [0.25, 0.3) is 11.0 Å². The van der Waals surface area contributed by atoms with Gasteiger partial charge < -0.3 is 4.98 Å². The topological polar surface area (TPSA) is 28.7 Å². The highest BCUT2D eigenvalue weighted by molar-refractivity contribution is 14.1. The van der Waals surface area contributed by atoms with Crippen molar-refractivity contribution in [2.45, 2.75) is 0 Å². The van der Waals surface area contributed by atoms with Gasteiger partial charge in [-0.15, -0.1) is 0 Å². The summed E-state index contributed by atoms with van der Waals surface area (Å²) >= 11 is 4.83. The van der Waals surface area contributed by atoms with Crippen LogP contribution in [0.15, 0.2) is 18.2 Å². The molecular weight excluding hydrogens is 266 g/mol. The minimum Gasteiger partial charge on any atom is -0.376 e. The monoisotopic (exact) mass is 270 g/mol. The van der Waals surface area contributed by atoms with E-state index in [0.717, 1.165) is 19.3 Å². The van der Waals surface area contributed by atoms with Gasteiger partial charge in [-0.05, 0) is 40.8 Å². The number of hydrogen-bond donors (Lipinski definition) is 1. The number of halogens is 1. The standard InChI is InChI=1S/C7H4IN2.Al/c8-7-2-1-5-6(10-7)3-4-9-5;/h1-3,9H;. The lowest BCUT2D eigenvalue weighted by Crippen LogP contribution is -1.99. The van der Waals surface area contributed by atoms with Gasteiger partial charge in [0.05, 0.1) is 11.0 Å². The maximum Gasteiger partial charge on any atom is 0.205 e. The fourth-order valence-corrected chi connectivity index (χ4v) is 1.76. The number of fused-ring (bicyclic) bond motifs is 1. The van der Waals surface area contributed by atoms with Gasteiger partial charge >= 0.3 is 0 Å². The van der Waals surface area contributed by atoms with Crippen molar-refractivity contribution in [2.75, 3.05) is 0 Å². The summed E-state index contributed by atoms with van der Waals surface area (Å²) in [6.45, 7) is 0. The Bertz CT molecular complexity index is 396. The lowest BCUT2D eigenvalue weighted by molar-refractivity contribution is 1.35. The molecule has 1 N–H and O–H groups in total. The quantitative estimate of drug-likeness (QED) is 0.431. The number of nitrogens with one attached hydrogen (secondary N) is 1. The minimum absolute atomic E-state index is 1.03. The third-order valence-corrected chi connectivity index (χ3v) is 2.37. The molecule has 0 aromatic carbocycles. The summed E-state index contributed by atoms with van der Waals surface area (Å²) < 4.78 is 2.11. The molecule has 2 nitrogen and oxygen atoms in total. The van der Waals surface area contributed by atoms with Crippen LogP contribution in [0.1, 0.15) is 0 Å². The molecule has 0 bridgehead atoms. The zero-order chi connectivity index (χ0) is 7.84. The normalized spacial score (nSPS) is 10.6. The van der Waals surface area contributed by atoms with E-state index in [9.17, 15) is 0 Å². The molecule has 52 valence electrons. The Morgan fingerprint density at radius 3 is 3.09 bits per heavy atom. The number of hydrogen-bond acceptors (Lipinski definition) is 1. The van der Waals surface area contributed by atoms with E-state index < -0.39 is 0 Å². The van der Waals surface area contributed by atoms with E-state index in [0.29, 0.717) is 0 Å². The first-order valence-electron chi connectivity index (χ1n) is 3.16. The molecule has 2 aromatic heterocycles. The van der Waals surface area contributed by atoms with Crippen LogP contribution in [0.3, 0.4) is 0 Å². The van der Waals surface area contributed by atoms with Crippen molar-refractivity contribution in [1.29, 1.82) is 0 Å². The molecule has 11 heavy (non-hydrogen) atoms. The van der Waals surface area contributed by atoms with E-state index >= 15 is 0 Å². The smallest absolute Gasteiger partial charge is 0.205 e. The average molecular weight is 270 g/mol. The van der Waals surface area contributed by atoms with Gasteiger partial charge in [-0.3, -0.25) is 0 Å². The first-order chi connectivity index (χ1) is 5.25. The van der Waals surface area contributed by atoms with E-state index in [-0.39, 0.29) is 0 Å². The Morgan fingerprint density at radius 1 is 1.45 bits per heavy atom. The zero-order valence-electron chi connectivity index (χ0n) is 5.63.